The number of hydrogen-bond donors (Lipinski definition) is 2. The van der Waals surface area contributed by atoms with E-state index in [1.807, 2.05) is 24.3 Å². The van der Waals surface area contributed by atoms with E-state index in [4.69, 9.17) is 9.47 Å². The fourth-order valence-electron chi connectivity index (χ4n) is 4.54. The van der Waals surface area contributed by atoms with E-state index in [2.05, 4.69) is 10.6 Å². The molecular formula is C23H31N3O5. The van der Waals surface area contributed by atoms with E-state index in [1.165, 1.54) is 4.90 Å². The number of benzene rings is 1. The van der Waals surface area contributed by atoms with E-state index in [9.17, 15) is 14.4 Å². The number of amides is 4. The predicted octanol–water partition coefficient (Wildman–Crippen LogP) is 2.51. The van der Waals surface area contributed by atoms with E-state index in [0.717, 1.165) is 50.0 Å². The average Bonchev–Trinajstić information content (AvgIpc) is 3.38. The highest BCUT2D eigenvalue weighted by molar-refractivity contribution is 6.07. The quantitative estimate of drug-likeness (QED) is 0.619. The van der Waals surface area contributed by atoms with Crippen molar-refractivity contribution in [3.05, 3.63) is 29.8 Å². The van der Waals surface area contributed by atoms with Gasteiger partial charge in [0, 0.05) is 26.1 Å². The normalized spacial score (nSPS) is 22.6. The number of nitrogens with zero attached hydrogens (tertiary/aromatic N) is 1. The van der Waals surface area contributed by atoms with Gasteiger partial charge in [0.2, 0.25) is 5.91 Å². The van der Waals surface area contributed by atoms with Crippen molar-refractivity contribution in [1.82, 2.24) is 15.5 Å². The molecule has 1 unspecified atom stereocenters. The van der Waals surface area contributed by atoms with Gasteiger partial charge in [0.25, 0.3) is 5.91 Å². The number of hydrogen-bond acceptors (Lipinski definition) is 5. The van der Waals surface area contributed by atoms with Crippen LogP contribution in [0.1, 0.15) is 56.9 Å². The van der Waals surface area contributed by atoms with Gasteiger partial charge >= 0.3 is 6.03 Å². The highest BCUT2D eigenvalue weighted by Crippen LogP contribution is 2.33. The molecule has 31 heavy (non-hydrogen) atoms. The number of imide groups is 1. The minimum absolute atomic E-state index is 0.0951. The van der Waals surface area contributed by atoms with Gasteiger partial charge in [-0.05, 0) is 43.4 Å². The van der Waals surface area contributed by atoms with Crippen LogP contribution in [0.25, 0.3) is 0 Å². The summed E-state index contributed by atoms with van der Waals surface area (Å²) in [7, 11) is 0. The van der Waals surface area contributed by atoms with Gasteiger partial charge in [-0.2, -0.15) is 0 Å². The molecule has 3 fully saturated rings. The van der Waals surface area contributed by atoms with E-state index in [0.29, 0.717) is 26.0 Å². The predicted molar refractivity (Wildman–Crippen MR) is 113 cm³/mol. The first-order valence-corrected chi connectivity index (χ1v) is 11.3. The number of carbonyl (C=O) groups is 3. The Balaban J connectivity index is 1.19. The Morgan fingerprint density at radius 1 is 1.16 bits per heavy atom. The molecule has 2 saturated heterocycles. The summed E-state index contributed by atoms with van der Waals surface area (Å²) in [5.74, 6) is 0.410. The first kappa shape index (κ1) is 21.6. The second-order valence-electron chi connectivity index (χ2n) is 8.65. The van der Waals surface area contributed by atoms with Crippen LogP contribution in [0.5, 0.6) is 5.75 Å². The molecule has 8 heteroatoms. The summed E-state index contributed by atoms with van der Waals surface area (Å²) >= 11 is 0. The number of urea groups is 1. The molecule has 1 atom stereocenters. The summed E-state index contributed by atoms with van der Waals surface area (Å²) in [6.07, 6.45) is 6.75. The van der Waals surface area contributed by atoms with E-state index >= 15 is 0 Å². The van der Waals surface area contributed by atoms with Crippen LogP contribution in [0.3, 0.4) is 0 Å². The van der Waals surface area contributed by atoms with Crippen LogP contribution in [0.4, 0.5) is 4.79 Å². The molecule has 0 bridgehead atoms. The largest absolute Gasteiger partial charge is 0.491 e. The van der Waals surface area contributed by atoms with Crippen LogP contribution < -0.4 is 15.4 Å². The van der Waals surface area contributed by atoms with Crippen molar-refractivity contribution in [3.63, 3.8) is 0 Å². The van der Waals surface area contributed by atoms with Gasteiger partial charge in [-0.25, -0.2) is 4.79 Å². The monoisotopic (exact) mass is 429 g/mol. The van der Waals surface area contributed by atoms with E-state index < -0.39 is 5.54 Å². The molecule has 1 spiro atoms. The Bertz CT molecular complexity index is 798. The van der Waals surface area contributed by atoms with Crippen molar-refractivity contribution in [3.8, 4) is 5.75 Å². The summed E-state index contributed by atoms with van der Waals surface area (Å²) in [5, 5.41) is 5.72. The van der Waals surface area contributed by atoms with Crippen LogP contribution in [0.15, 0.2) is 24.3 Å². The van der Waals surface area contributed by atoms with Gasteiger partial charge < -0.3 is 20.1 Å². The lowest BCUT2D eigenvalue weighted by atomic mass is 9.82. The Kier molecular flexibility index (Phi) is 6.75. The summed E-state index contributed by atoms with van der Waals surface area (Å²) in [6.45, 7) is 1.85. The smallest absolute Gasteiger partial charge is 0.325 e. The number of rotatable bonds is 8. The summed E-state index contributed by atoms with van der Waals surface area (Å²) < 4.78 is 11.3. The molecule has 4 amide bonds. The van der Waals surface area contributed by atoms with Crippen molar-refractivity contribution < 1.29 is 23.9 Å². The lowest BCUT2D eigenvalue weighted by Gasteiger charge is -2.30. The maximum absolute atomic E-state index is 12.7. The maximum atomic E-state index is 12.7. The number of carbonyl (C=O) groups excluding carboxylic acids is 3. The van der Waals surface area contributed by atoms with Gasteiger partial charge in [-0.15, -0.1) is 0 Å². The Morgan fingerprint density at radius 3 is 2.65 bits per heavy atom. The topological polar surface area (TPSA) is 97.0 Å². The molecule has 8 nitrogen and oxygen atoms in total. The summed E-state index contributed by atoms with van der Waals surface area (Å²) in [5.41, 5.74) is 0.216. The zero-order valence-electron chi connectivity index (χ0n) is 17.9. The number of ether oxygens (including phenoxy) is 2. The molecule has 168 valence electrons. The molecule has 1 aliphatic carbocycles. The third-order valence-corrected chi connectivity index (χ3v) is 6.39. The highest BCUT2D eigenvalue weighted by Gasteiger charge is 2.51. The average molecular weight is 430 g/mol. The zero-order valence-corrected chi connectivity index (χ0v) is 17.9. The van der Waals surface area contributed by atoms with Gasteiger partial charge in [0.05, 0.1) is 6.10 Å². The molecule has 4 rings (SSSR count). The second-order valence-corrected chi connectivity index (χ2v) is 8.65. The molecule has 1 saturated carbocycles. The fraction of sp³-hybridized carbons (Fsp3) is 0.609. The third kappa shape index (κ3) is 5.18. The maximum Gasteiger partial charge on any atom is 0.325 e. The van der Waals surface area contributed by atoms with Crippen molar-refractivity contribution in [2.24, 2.45) is 0 Å². The first-order valence-electron chi connectivity index (χ1n) is 11.3. The lowest BCUT2D eigenvalue weighted by molar-refractivity contribution is -0.132. The van der Waals surface area contributed by atoms with E-state index in [-0.39, 0.29) is 36.9 Å². The molecular weight excluding hydrogens is 398 g/mol. The van der Waals surface area contributed by atoms with E-state index in [1.54, 1.807) is 0 Å². The third-order valence-electron chi connectivity index (χ3n) is 6.39. The summed E-state index contributed by atoms with van der Waals surface area (Å²) in [4.78, 5) is 38.5. The van der Waals surface area contributed by atoms with Gasteiger partial charge in [0.1, 0.15) is 17.9 Å². The van der Waals surface area contributed by atoms with Gasteiger partial charge in [-0.3, -0.25) is 14.5 Å². The molecule has 2 aliphatic heterocycles. The molecule has 2 N–H and O–H groups in total. The summed E-state index contributed by atoms with van der Waals surface area (Å²) in [6, 6.07) is 7.21. The minimum atomic E-state index is -0.737. The van der Waals surface area contributed by atoms with Crippen molar-refractivity contribution in [1.29, 1.82) is 0 Å². The standard InChI is InChI=1S/C23H31N3O5/c27-20(10-13-26-21(28)23(25-22(26)29)11-2-1-3-12-23)24-15-17-6-8-18(9-7-17)31-16-19-5-4-14-30-19/h6-9,19H,1-5,10-16H2,(H,24,27)(H,25,29). The Morgan fingerprint density at radius 2 is 1.94 bits per heavy atom. The molecule has 3 aliphatic rings. The molecule has 2 heterocycles. The second kappa shape index (κ2) is 9.68. The van der Waals surface area contributed by atoms with Crippen LogP contribution in [0, 0.1) is 0 Å². The first-order chi connectivity index (χ1) is 15.1. The van der Waals surface area contributed by atoms with Crippen LogP contribution >= 0.6 is 0 Å². The fourth-order valence-corrected chi connectivity index (χ4v) is 4.54. The molecule has 0 aromatic heterocycles. The lowest BCUT2D eigenvalue weighted by Crippen LogP contribution is -2.48. The highest BCUT2D eigenvalue weighted by atomic mass is 16.5. The zero-order chi connectivity index (χ0) is 21.7. The van der Waals surface area contributed by atoms with Crippen molar-refractivity contribution >= 4 is 17.8 Å². The van der Waals surface area contributed by atoms with Crippen LogP contribution in [-0.2, 0) is 20.9 Å². The van der Waals surface area contributed by atoms with Crippen LogP contribution in [0.2, 0.25) is 0 Å². The van der Waals surface area contributed by atoms with Crippen molar-refractivity contribution in [2.45, 2.75) is 69.6 Å². The number of nitrogens with one attached hydrogen (secondary N) is 2. The SMILES string of the molecule is O=C(CCN1C(=O)NC2(CCCCC2)C1=O)NCc1ccc(OCC2CCCO2)cc1. The molecule has 1 aromatic carbocycles. The molecule has 0 radical (unpaired) electrons. The van der Waals surface area contributed by atoms with Crippen LogP contribution in [-0.4, -0.2) is 54.1 Å². The van der Waals surface area contributed by atoms with Crippen molar-refractivity contribution in [2.75, 3.05) is 19.8 Å². The van der Waals surface area contributed by atoms with Gasteiger partial charge in [-0.1, -0.05) is 31.4 Å². The van der Waals surface area contributed by atoms with Gasteiger partial charge in [0.15, 0.2) is 0 Å². The Hall–Kier alpha value is -2.61. The Labute approximate surface area is 182 Å². The molecule has 1 aromatic rings. The minimum Gasteiger partial charge on any atom is -0.491 e.